The summed E-state index contributed by atoms with van der Waals surface area (Å²) in [5, 5.41) is 17.8. The molecule has 0 saturated carbocycles. The molecule has 24 heavy (non-hydrogen) atoms. The number of hydrogen-bond acceptors (Lipinski definition) is 5. The van der Waals surface area contributed by atoms with Crippen LogP contribution in [0.25, 0.3) is 0 Å². The van der Waals surface area contributed by atoms with Crippen molar-refractivity contribution in [2.75, 3.05) is 19.6 Å². The van der Waals surface area contributed by atoms with Crippen molar-refractivity contribution in [3.05, 3.63) is 30.3 Å². The molecule has 1 fully saturated rings. The average molecular weight is 346 g/mol. The number of likely N-dealkylation sites (tertiary alicyclic amines) is 1. The Bertz CT molecular complexity index is 706. The van der Waals surface area contributed by atoms with Crippen LogP contribution in [0.1, 0.15) is 25.7 Å². The van der Waals surface area contributed by atoms with Crippen LogP contribution in [0, 0.1) is 28.6 Å². The Morgan fingerprint density at radius 2 is 2.04 bits per heavy atom. The molecule has 2 atom stereocenters. The fourth-order valence-electron chi connectivity index (χ4n) is 2.95. The van der Waals surface area contributed by atoms with Crippen molar-refractivity contribution >= 4 is 10.0 Å². The second-order valence-corrected chi connectivity index (χ2v) is 7.77. The molecule has 1 aliphatic rings. The summed E-state index contributed by atoms with van der Waals surface area (Å²) in [5.74, 6) is -0.186. The minimum Gasteiger partial charge on any atom is -0.300 e. The Morgan fingerprint density at radius 1 is 1.29 bits per heavy atom. The summed E-state index contributed by atoms with van der Waals surface area (Å²) in [6.45, 7) is 2.03. The van der Waals surface area contributed by atoms with Gasteiger partial charge in [-0.25, -0.2) is 13.1 Å². The van der Waals surface area contributed by atoms with E-state index in [-0.39, 0.29) is 16.9 Å². The predicted molar refractivity (Wildman–Crippen MR) is 90.2 cm³/mol. The second-order valence-electron chi connectivity index (χ2n) is 6.06. The first kappa shape index (κ1) is 18.4. The van der Waals surface area contributed by atoms with E-state index in [1.54, 1.807) is 30.3 Å². The Balaban J connectivity index is 1.94. The summed E-state index contributed by atoms with van der Waals surface area (Å²) in [7, 11) is -3.52. The number of nitrogens with one attached hydrogen (secondary N) is 1. The van der Waals surface area contributed by atoms with E-state index in [2.05, 4.69) is 21.8 Å². The van der Waals surface area contributed by atoms with Crippen LogP contribution in [0.5, 0.6) is 0 Å². The molecule has 0 radical (unpaired) electrons. The van der Waals surface area contributed by atoms with Gasteiger partial charge in [-0.05, 0) is 37.9 Å². The molecule has 6 nitrogen and oxygen atoms in total. The zero-order chi connectivity index (χ0) is 17.4. The number of nitrogens with zero attached hydrogens (tertiary/aromatic N) is 3. The molecule has 1 aromatic carbocycles. The summed E-state index contributed by atoms with van der Waals surface area (Å²) in [6.07, 6.45) is 2.61. The molecular weight excluding hydrogens is 324 g/mol. The van der Waals surface area contributed by atoms with Gasteiger partial charge in [0.1, 0.15) is 0 Å². The van der Waals surface area contributed by atoms with Gasteiger partial charge in [-0.3, -0.25) is 0 Å². The first-order chi connectivity index (χ1) is 11.5. The van der Waals surface area contributed by atoms with E-state index in [0.29, 0.717) is 25.9 Å². The lowest BCUT2D eigenvalue weighted by molar-refractivity contribution is 0.184. The van der Waals surface area contributed by atoms with Crippen LogP contribution in [0.3, 0.4) is 0 Å². The van der Waals surface area contributed by atoms with Gasteiger partial charge in [0.25, 0.3) is 0 Å². The average Bonchev–Trinajstić information content (AvgIpc) is 2.59. The standard InChI is InChI=1S/C17H22N4O2S/c18-10-4-6-15(12-19)13-21-11-5-7-16(14-21)20-24(22,23)17-8-2-1-3-9-17/h1-3,8-9,15-16,20H,4-7,11,13-14H2/t15-,16-/m0/s1. The Labute approximate surface area is 143 Å². The zero-order valence-corrected chi connectivity index (χ0v) is 14.4. The van der Waals surface area contributed by atoms with E-state index in [0.717, 1.165) is 19.4 Å². The predicted octanol–water partition coefficient (Wildman–Crippen LogP) is 1.87. The number of benzene rings is 1. The normalized spacial score (nSPS) is 20.0. The third kappa shape index (κ3) is 5.31. The van der Waals surface area contributed by atoms with Crippen molar-refractivity contribution in [3.8, 4) is 12.1 Å². The summed E-state index contributed by atoms with van der Waals surface area (Å²) < 4.78 is 27.6. The topological polar surface area (TPSA) is 97.0 Å². The van der Waals surface area contributed by atoms with Gasteiger partial charge in [0.15, 0.2) is 0 Å². The molecule has 1 aromatic rings. The molecule has 0 aromatic heterocycles. The smallest absolute Gasteiger partial charge is 0.240 e. The molecule has 0 amide bonds. The van der Waals surface area contributed by atoms with E-state index in [1.807, 2.05) is 0 Å². The minimum absolute atomic E-state index is 0.153. The lowest BCUT2D eigenvalue weighted by Gasteiger charge is -2.33. The largest absolute Gasteiger partial charge is 0.300 e. The molecule has 128 valence electrons. The van der Waals surface area contributed by atoms with Crippen LogP contribution in [0.2, 0.25) is 0 Å². The van der Waals surface area contributed by atoms with Crippen LogP contribution < -0.4 is 4.72 Å². The number of rotatable bonds is 7. The highest BCUT2D eigenvalue weighted by Gasteiger charge is 2.26. The van der Waals surface area contributed by atoms with Crippen LogP contribution in [0.15, 0.2) is 35.2 Å². The van der Waals surface area contributed by atoms with Crippen LogP contribution in [-0.4, -0.2) is 39.0 Å². The lowest BCUT2D eigenvalue weighted by atomic mass is 10.0. The van der Waals surface area contributed by atoms with Crippen molar-refractivity contribution < 1.29 is 8.42 Å². The van der Waals surface area contributed by atoms with E-state index in [4.69, 9.17) is 5.26 Å². The zero-order valence-electron chi connectivity index (χ0n) is 13.6. The van der Waals surface area contributed by atoms with E-state index >= 15 is 0 Å². The molecular formula is C17H22N4O2S. The summed E-state index contributed by atoms with van der Waals surface area (Å²) in [4.78, 5) is 2.39. The van der Waals surface area contributed by atoms with Gasteiger partial charge in [0.2, 0.25) is 10.0 Å². The molecule has 2 rings (SSSR count). The van der Waals surface area contributed by atoms with Crippen LogP contribution in [-0.2, 0) is 10.0 Å². The number of hydrogen-bond donors (Lipinski definition) is 1. The Morgan fingerprint density at radius 3 is 2.71 bits per heavy atom. The van der Waals surface area contributed by atoms with E-state index in [1.165, 1.54) is 0 Å². The molecule has 1 saturated heterocycles. The van der Waals surface area contributed by atoms with Crippen molar-refractivity contribution in [3.63, 3.8) is 0 Å². The fraction of sp³-hybridized carbons (Fsp3) is 0.529. The number of nitriles is 2. The van der Waals surface area contributed by atoms with Crippen LogP contribution >= 0.6 is 0 Å². The Hall–Kier alpha value is -1.93. The van der Waals surface area contributed by atoms with Gasteiger partial charge in [-0.1, -0.05) is 18.2 Å². The summed E-state index contributed by atoms with van der Waals surface area (Å²) >= 11 is 0. The van der Waals surface area contributed by atoms with E-state index in [9.17, 15) is 13.7 Å². The van der Waals surface area contributed by atoms with Crippen molar-refractivity contribution in [1.82, 2.24) is 9.62 Å². The maximum absolute atomic E-state index is 12.4. The Kier molecular flexibility index (Phi) is 6.74. The van der Waals surface area contributed by atoms with Crippen molar-refractivity contribution in [2.24, 2.45) is 5.92 Å². The SMILES string of the molecule is N#CCC[C@@H](C#N)CN1CCC[C@H](NS(=O)(=O)c2ccccc2)C1. The molecule has 7 heteroatoms. The highest BCUT2D eigenvalue weighted by Crippen LogP contribution is 2.17. The summed E-state index contributed by atoms with van der Waals surface area (Å²) in [6, 6.07) is 12.5. The summed E-state index contributed by atoms with van der Waals surface area (Å²) in [5.41, 5.74) is 0. The molecule has 0 spiro atoms. The van der Waals surface area contributed by atoms with Crippen molar-refractivity contribution in [2.45, 2.75) is 36.6 Å². The first-order valence-electron chi connectivity index (χ1n) is 8.11. The van der Waals surface area contributed by atoms with Crippen LogP contribution in [0.4, 0.5) is 0 Å². The number of piperidine rings is 1. The highest BCUT2D eigenvalue weighted by molar-refractivity contribution is 7.89. The fourth-order valence-corrected chi connectivity index (χ4v) is 4.23. The van der Waals surface area contributed by atoms with Gasteiger partial charge in [0, 0.05) is 25.6 Å². The molecule has 1 N–H and O–H groups in total. The van der Waals surface area contributed by atoms with Gasteiger partial charge < -0.3 is 4.90 Å². The molecule has 1 heterocycles. The van der Waals surface area contributed by atoms with E-state index < -0.39 is 10.0 Å². The maximum Gasteiger partial charge on any atom is 0.240 e. The molecule has 0 bridgehead atoms. The second kappa shape index (κ2) is 8.79. The quantitative estimate of drug-likeness (QED) is 0.813. The van der Waals surface area contributed by atoms with Gasteiger partial charge >= 0.3 is 0 Å². The first-order valence-corrected chi connectivity index (χ1v) is 9.60. The maximum atomic E-state index is 12.4. The molecule has 0 unspecified atom stereocenters. The molecule has 1 aliphatic heterocycles. The lowest BCUT2D eigenvalue weighted by Crippen LogP contribution is -2.48. The third-order valence-corrected chi connectivity index (χ3v) is 5.68. The van der Waals surface area contributed by atoms with Crippen molar-refractivity contribution in [1.29, 1.82) is 10.5 Å². The third-order valence-electron chi connectivity index (χ3n) is 4.15. The van der Waals surface area contributed by atoms with Gasteiger partial charge in [-0.15, -0.1) is 0 Å². The number of sulfonamides is 1. The minimum atomic E-state index is -3.52. The van der Waals surface area contributed by atoms with Gasteiger partial charge in [-0.2, -0.15) is 10.5 Å². The highest BCUT2D eigenvalue weighted by atomic mass is 32.2. The van der Waals surface area contributed by atoms with Gasteiger partial charge in [0.05, 0.1) is 23.0 Å². The monoisotopic (exact) mass is 346 g/mol. The molecule has 0 aliphatic carbocycles.